The molecule has 0 aromatic heterocycles. The Labute approximate surface area is 172 Å². The highest BCUT2D eigenvalue weighted by atomic mass is 35.5. The predicted molar refractivity (Wildman–Crippen MR) is 111 cm³/mol. The monoisotopic (exact) mass is 406 g/mol. The SMILES string of the molecule is CCCCCCCCOc1cccc(C(=O)O)c1OC(=O)c1ccccc1.Cl. The molecule has 0 saturated carbocycles. The molecule has 152 valence electrons. The molecular weight excluding hydrogens is 380 g/mol. The number of carboxylic acid groups (broad SMARTS) is 1. The smallest absolute Gasteiger partial charge is 0.343 e. The van der Waals surface area contributed by atoms with Gasteiger partial charge in [0, 0.05) is 0 Å². The molecule has 0 fully saturated rings. The molecular formula is C22H27ClO5. The van der Waals surface area contributed by atoms with Gasteiger partial charge in [0.1, 0.15) is 5.56 Å². The van der Waals surface area contributed by atoms with Gasteiger partial charge in [0.15, 0.2) is 11.5 Å². The molecule has 28 heavy (non-hydrogen) atoms. The molecule has 2 rings (SSSR count). The third-order valence-corrected chi connectivity index (χ3v) is 4.17. The molecule has 6 heteroatoms. The van der Waals surface area contributed by atoms with E-state index in [0.29, 0.717) is 12.2 Å². The van der Waals surface area contributed by atoms with Crippen molar-refractivity contribution in [1.29, 1.82) is 0 Å². The minimum absolute atomic E-state index is 0. The minimum Gasteiger partial charge on any atom is -0.490 e. The van der Waals surface area contributed by atoms with Crippen molar-refractivity contribution in [3.05, 3.63) is 59.7 Å². The second-order valence-corrected chi connectivity index (χ2v) is 6.31. The second kappa shape index (κ2) is 12.8. The van der Waals surface area contributed by atoms with Gasteiger partial charge in [0.05, 0.1) is 12.2 Å². The van der Waals surface area contributed by atoms with Crippen LogP contribution < -0.4 is 9.47 Å². The average Bonchev–Trinajstić information content (AvgIpc) is 2.68. The molecule has 0 aliphatic rings. The summed E-state index contributed by atoms with van der Waals surface area (Å²) in [4.78, 5) is 23.9. The van der Waals surface area contributed by atoms with Crippen LogP contribution in [0.5, 0.6) is 11.5 Å². The van der Waals surface area contributed by atoms with E-state index in [1.54, 1.807) is 42.5 Å². The number of hydrogen-bond donors (Lipinski definition) is 1. The Morgan fingerprint density at radius 3 is 2.25 bits per heavy atom. The van der Waals surface area contributed by atoms with Gasteiger partial charge in [-0.2, -0.15) is 0 Å². The molecule has 0 aliphatic carbocycles. The maximum absolute atomic E-state index is 12.3. The molecule has 0 aliphatic heterocycles. The summed E-state index contributed by atoms with van der Waals surface area (Å²) in [6.45, 7) is 2.63. The van der Waals surface area contributed by atoms with Crippen molar-refractivity contribution in [1.82, 2.24) is 0 Å². The molecule has 5 nitrogen and oxygen atoms in total. The summed E-state index contributed by atoms with van der Waals surface area (Å²) < 4.78 is 11.1. The Balaban J connectivity index is 0.00000392. The summed E-state index contributed by atoms with van der Waals surface area (Å²) in [5.41, 5.74) is 0.249. The van der Waals surface area contributed by atoms with E-state index in [9.17, 15) is 14.7 Å². The Morgan fingerprint density at radius 2 is 1.57 bits per heavy atom. The molecule has 1 N–H and O–H groups in total. The van der Waals surface area contributed by atoms with Crippen LogP contribution >= 0.6 is 12.4 Å². The maximum atomic E-state index is 12.3. The molecule has 0 amide bonds. The van der Waals surface area contributed by atoms with Crippen LogP contribution in [-0.2, 0) is 0 Å². The highest BCUT2D eigenvalue weighted by molar-refractivity contribution is 5.96. The molecule has 0 spiro atoms. The van der Waals surface area contributed by atoms with E-state index in [-0.39, 0.29) is 29.5 Å². The number of para-hydroxylation sites is 1. The van der Waals surface area contributed by atoms with Crippen LogP contribution in [0.1, 0.15) is 66.2 Å². The number of benzene rings is 2. The van der Waals surface area contributed by atoms with Gasteiger partial charge in [0.25, 0.3) is 0 Å². The molecule has 0 unspecified atom stereocenters. The van der Waals surface area contributed by atoms with Gasteiger partial charge < -0.3 is 14.6 Å². The van der Waals surface area contributed by atoms with Crippen molar-refractivity contribution >= 4 is 24.3 Å². The quantitative estimate of drug-likeness (QED) is 0.291. The Hall–Kier alpha value is -2.53. The average molecular weight is 407 g/mol. The summed E-state index contributed by atoms with van der Waals surface area (Å²) in [5.74, 6) is -1.57. The lowest BCUT2D eigenvalue weighted by Gasteiger charge is -2.14. The Bertz CT molecular complexity index is 746. The number of carboxylic acids is 1. The largest absolute Gasteiger partial charge is 0.490 e. The second-order valence-electron chi connectivity index (χ2n) is 6.31. The minimum atomic E-state index is -1.17. The van der Waals surface area contributed by atoms with Crippen molar-refractivity contribution in [2.45, 2.75) is 45.4 Å². The van der Waals surface area contributed by atoms with Crippen LogP contribution in [0, 0.1) is 0 Å². The first-order valence-electron chi connectivity index (χ1n) is 9.39. The molecule has 0 atom stereocenters. The van der Waals surface area contributed by atoms with Gasteiger partial charge in [0.2, 0.25) is 0 Å². The van der Waals surface area contributed by atoms with Crippen molar-refractivity contribution in [2.24, 2.45) is 0 Å². The number of unbranched alkanes of at least 4 members (excludes halogenated alkanes) is 5. The van der Waals surface area contributed by atoms with Crippen molar-refractivity contribution in [3.8, 4) is 11.5 Å². The van der Waals surface area contributed by atoms with Crippen molar-refractivity contribution < 1.29 is 24.2 Å². The van der Waals surface area contributed by atoms with Crippen LogP contribution in [0.25, 0.3) is 0 Å². The fourth-order valence-corrected chi connectivity index (χ4v) is 2.69. The van der Waals surface area contributed by atoms with Gasteiger partial charge in [-0.1, -0.05) is 63.3 Å². The fraction of sp³-hybridized carbons (Fsp3) is 0.364. The highest BCUT2D eigenvalue weighted by Gasteiger charge is 2.20. The third-order valence-electron chi connectivity index (χ3n) is 4.17. The van der Waals surface area contributed by atoms with E-state index in [4.69, 9.17) is 9.47 Å². The van der Waals surface area contributed by atoms with E-state index in [1.165, 1.54) is 25.3 Å². The number of esters is 1. The summed E-state index contributed by atoms with van der Waals surface area (Å²) in [6.07, 6.45) is 6.73. The van der Waals surface area contributed by atoms with Crippen molar-refractivity contribution in [2.75, 3.05) is 6.61 Å². The van der Waals surface area contributed by atoms with Gasteiger partial charge in [-0.3, -0.25) is 0 Å². The predicted octanol–water partition coefficient (Wildman–Crippen LogP) is 5.77. The molecule has 2 aromatic carbocycles. The first kappa shape index (κ1) is 23.5. The van der Waals surface area contributed by atoms with E-state index in [2.05, 4.69) is 6.92 Å². The van der Waals surface area contributed by atoms with Crippen LogP contribution in [0.15, 0.2) is 48.5 Å². The maximum Gasteiger partial charge on any atom is 0.343 e. The lowest BCUT2D eigenvalue weighted by Crippen LogP contribution is -2.13. The standard InChI is InChI=1S/C22H26O5.ClH/c1-2-3-4-5-6-10-16-26-19-15-11-14-18(21(23)24)20(19)27-22(25)17-12-8-7-9-13-17;/h7-9,11-15H,2-6,10,16H2,1H3,(H,23,24);1H. The molecule has 0 radical (unpaired) electrons. The lowest BCUT2D eigenvalue weighted by molar-refractivity contribution is 0.0677. The van der Waals surface area contributed by atoms with Gasteiger partial charge in [-0.05, 0) is 30.7 Å². The Kier molecular flexibility index (Phi) is 10.7. The van der Waals surface area contributed by atoms with Crippen LogP contribution in [0.4, 0.5) is 0 Å². The number of halogens is 1. The highest BCUT2D eigenvalue weighted by Crippen LogP contribution is 2.32. The number of carbonyl (C=O) groups excluding carboxylic acids is 1. The number of aromatic carboxylic acids is 1. The van der Waals surface area contributed by atoms with Crippen molar-refractivity contribution in [3.63, 3.8) is 0 Å². The number of carbonyl (C=O) groups is 2. The van der Waals surface area contributed by atoms with E-state index in [0.717, 1.165) is 19.3 Å². The van der Waals surface area contributed by atoms with Gasteiger partial charge in [-0.15, -0.1) is 12.4 Å². The zero-order chi connectivity index (χ0) is 19.5. The van der Waals surface area contributed by atoms with E-state index in [1.807, 2.05) is 0 Å². The van der Waals surface area contributed by atoms with E-state index >= 15 is 0 Å². The summed E-state index contributed by atoms with van der Waals surface area (Å²) >= 11 is 0. The summed E-state index contributed by atoms with van der Waals surface area (Å²) in [5, 5.41) is 9.42. The fourth-order valence-electron chi connectivity index (χ4n) is 2.69. The normalized spacial score (nSPS) is 10.0. The Morgan fingerprint density at radius 1 is 0.893 bits per heavy atom. The molecule has 0 saturated heterocycles. The topological polar surface area (TPSA) is 72.8 Å². The van der Waals surface area contributed by atoms with Crippen LogP contribution in [-0.4, -0.2) is 23.7 Å². The number of hydrogen-bond acceptors (Lipinski definition) is 4. The van der Waals surface area contributed by atoms with E-state index < -0.39 is 11.9 Å². The third kappa shape index (κ3) is 7.24. The summed E-state index contributed by atoms with van der Waals surface area (Å²) in [7, 11) is 0. The number of rotatable bonds is 11. The summed E-state index contributed by atoms with van der Waals surface area (Å²) in [6, 6.07) is 13.1. The number of ether oxygens (including phenoxy) is 2. The molecule has 2 aromatic rings. The van der Waals surface area contributed by atoms with Gasteiger partial charge in [-0.25, -0.2) is 9.59 Å². The van der Waals surface area contributed by atoms with Gasteiger partial charge >= 0.3 is 11.9 Å². The van der Waals surface area contributed by atoms with Crippen LogP contribution in [0.3, 0.4) is 0 Å². The zero-order valence-corrected chi connectivity index (χ0v) is 16.9. The molecule has 0 bridgehead atoms. The first-order chi connectivity index (χ1) is 13.1. The lowest BCUT2D eigenvalue weighted by atomic mass is 10.1. The molecule has 0 heterocycles. The van der Waals surface area contributed by atoms with Crippen LogP contribution in [0.2, 0.25) is 0 Å². The zero-order valence-electron chi connectivity index (χ0n) is 16.1. The first-order valence-corrected chi connectivity index (χ1v) is 9.39.